The van der Waals surface area contributed by atoms with Crippen molar-refractivity contribution in [2.45, 2.75) is 6.42 Å². The molecule has 0 saturated carbocycles. The minimum atomic E-state index is -0.530. The van der Waals surface area contributed by atoms with Gasteiger partial charge < -0.3 is 9.47 Å². The van der Waals surface area contributed by atoms with Crippen molar-refractivity contribution in [3.8, 4) is 5.75 Å². The number of amides is 2. The molecule has 8 nitrogen and oxygen atoms in total. The van der Waals surface area contributed by atoms with E-state index in [0.717, 1.165) is 0 Å². The molecule has 0 spiro atoms. The van der Waals surface area contributed by atoms with Gasteiger partial charge in [-0.1, -0.05) is 18.2 Å². The molecule has 0 atom stereocenters. The van der Waals surface area contributed by atoms with E-state index >= 15 is 0 Å². The van der Waals surface area contributed by atoms with Gasteiger partial charge in [0.05, 0.1) is 12.7 Å². The summed E-state index contributed by atoms with van der Waals surface area (Å²) in [5.41, 5.74) is 0.394. The lowest BCUT2D eigenvalue weighted by Crippen LogP contribution is -2.46. The summed E-state index contributed by atoms with van der Waals surface area (Å²) in [4.78, 5) is 40.6. The number of rotatable bonds is 5. The minimum absolute atomic E-state index is 0.145. The molecule has 3 rings (SSSR count). The highest BCUT2D eigenvalue weighted by Gasteiger charge is 2.32. The molecule has 1 saturated heterocycles. The fourth-order valence-electron chi connectivity index (χ4n) is 2.71. The predicted molar refractivity (Wildman–Crippen MR) is 94.9 cm³/mol. The van der Waals surface area contributed by atoms with Crippen molar-refractivity contribution in [1.82, 2.24) is 15.0 Å². The Labute approximate surface area is 156 Å². The first-order valence-corrected chi connectivity index (χ1v) is 8.44. The van der Waals surface area contributed by atoms with Crippen LogP contribution < -0.4 is 4.74 Å². The molecule has 0 N–H and O–H groups in total. The maximum Gasteiger partial charge on any atom is 0.339 e. The van der Waals surface area contributed by atoms with E-state index in [4.69, 9.17) is 4.74 Å². The molecule has 27 heavy (non-hydrogen) atoms. The van der Waals surface area contributed by atoms with E-state index in [1.165, 1.54) is 35.5 Å². The number of ether oxygens (including phenoxy) is 2. The van der Waals surface area contributed by atoms with Crippen LogP contribution in [-0.4, -0.2) is 59.6 Å². The van der Waals surface area contributed by atoms with Crippen LogP contribution >= 0.6 is 0 Å². The summed E-state index contributed by atoms with van der Waals surface area (Å²) in [6.45, 7) is 0.682. The molecule has 140 valence electrons. The van der Waals surface area contributed by atoms with Gasteiger partial charge in [-0.15, -0.1) is 0 Å². The lowest BCUT2D eigenvalue weighted by atomic mass is 10.2. The van der Waals surface area contributed by atoms with Crippen molar-refractivity contribution in [3.63, 3.8) is 0 Å². The Balaban J connectivity index is 1.65. The lowest BCUT2D eigenvalue weighted by molar-refractivity contribution is -0.142. The monoisotopic (exact) mass is 369 g/mol. The third kappa shape index (κ3) is 4.22. The molecule has 0 radical (unpaired) electrons. The van der Waals surface area contributed by atoms with E-state index in [2.05, 4.69) is 9.72 Å². The summed E-state index contributed by atoms with van der Waals surface area (Å²) in [5, 5.41) is 2.73. The normalized spacial score (nSPS) is 13.4. The molecular formula is C19H19N3O5. The fourth-order valence-corrected chi connectivity index (χ4v) is 2.71. The summed E-state index contributed by atoms with van der Waals surface area (Å²) < 4.78 is 10.1. The molecule has 8 heteroatoms. The Morgan fingerprint density at radius 2 is 1.78 bits per heavy atom. The van der Waals surface area contributed by atoms with Crippen molar-refractivity contribution in [2.24, 2.45) is 0 Å². The number of benzene rings is 1. The molecular weight excluding hydrogens is 350 g/mol. The molecule has 1 aromatic carbocycles. The van der Waals surface area contributed by atoms with E-state index in [9.17, 15) is 14.4 Å². The quantitative estimate of drug-likeness (QED) is 0.743. The molecule has 1 aliphatic rings. The number of hydrazine groups is 1. The van der Waals surface area contributed by atoms with Crippen LogP contribution in [0.4, 0.5) is 0 Å². The van der Waals surface area contributed by atoms with E-state index in [1.54, 1.807) is 12.1 Å². The number of methoxy groups -OCH3 is 1. The molecule has 2 aromatic rings. The second-order valence-corrected chi connectivity index (χ2v) is 5.82. The summed E-state index contributed by atoms with van der Waals surface area (Å²) in [6.07, 6.45) is 1.95. The van der Waals surface area contributed by atoms with Crippen LogP contribution in [0.3, 0.4) is 0 Å². The predicted octanol–water partition coefficient (Wildman–Crippen LogP) is 1.54. The zero-order valence-corrected chi connectivity index (χ0v) is 14.8. The highest BCUT2D eigenvalue weighted by molar-refractivity contribution is 5.95. The first kappa shape index (κ1) is 18.4. The smallest absolute Gasteiger partial charge is 0.339 e. The number of hydrogen-bond acceptors (Lipinski definition) is 6. The topological polar surface area (TPSA) is 89.0 Å². The Kier molecular flexibility index (Phi) is 5.65. The number of carbonyl (C=O) groups excluding carboxylic acids is 3. The van der Waals surface area contributed by atoms with Gasteiger partial charge in [0.15, 0.2) is 6.61 Å². The Hall–Kier alpha value is -3.42. The average molecular weight is 369 g/mol. The van der Waals surface area contributed by atoms with Crippen molar-refractivity contribution in [2.75, 3.05) is 26.8 Å². The van der Waals surface area contributed by atoms with Gasteiger partial charge >= 0.3 is 5.97 Å². The van der Waals surface area contributed by atoms with Crippen LogP contribution in [0.2, 0.25) is 0 Å². The average Bonchev–Trinajstić information content (AvgIpc) is 3.21. The zero-order valence-electron chi connectivity index (χ0n) is 14.8. The number of hydrogen-bond donors (Lipinski definition) is 0. The molecule has 2 heterocycles. The van der Waals surface area contributed by atoms with Gasteiger partial charge in [-0.25, -0.2) is 14.8 Å². The molecule has 0 aliphatic carbocycles. The second kappa shape index (κ2) is 8.31. The fraction of sp³-hybridized carbons (Fsp3) is 0.263. The first-order valence-electron chi connectivity index (χ1n) is 8.44. The van der Waals surface area contributed by atoms with Gasteiger partial charge in [0.25, 0.3) is 11.8 Å². The third-order valence-electron chi connectivity index (χ3n) is 4.06. The minimum Gasteiger partial charge on any atom is -0.484 e. The van der Waals surface area contributed by atoms with Crippen LogP contribution in [0.15, 0.2) is 48.7 Å². The highest BCUT2D eigenvalue weighted by atomic mass is 16.5. The van der Waals surface area contributed by atoms with E-state index < -0.39 is 11.9 Å². The highest BCUT2D eigenvalue weighted by Crippen LogP contribution is 2.16. The molecule has 1 aromatic heterocycles. The van der Waals surface area contributed by atoms with Gasteiger partial charge in [0, 0.05) is 19.3 Å². The Morgan fingerprint density at radius 1 is 1.04 bits per heavy atom. The third-order valence-corrected chi connectivity index (χ3v) is 4.06. The van der Waals surface area contributed by atoms with Crippen LogP contribution in [-0.2, 0) is 9.53 Å². The van der Waals surface area contributed by atoms with Crippen molar-refractivity contribution < 1.29 is 23.9 Å². The van der Waals surface area contributed by atoms with E-state index in [0.29, 0.717) is 25.3 Å². The van der Waals surface area contributed by atoms with Crippen molar-refractivity contribution in [1.29, 1.82) is 0 Å². The number of para-hydroxylation sites is 1. The number of carbonyl (C=O) groups is 3. The van der Waals surface area contributed by atoms with Crippen LogP contribution in [0.5, 0.6) is 5.75 Å². The number of nitrogens with zero attached hydrogens (tertiary/aromatic N) is 3. The Bertz CT molecular complexity index is 823. The number of pyridine rings is 1. The molecule has 0 unspecified atom stereocenters. The van der Waals surface area contributed by atoms with Gasteiger partial charge in [-0.3, -0.25) is 14.6 Å². The first-order chi connectivity index (χ1) is 13.1. The van der Waals surface area contributed by atoms with Crippen molar-refractivity contribution in [3.05, 3.63) is 59.9 Å². The summed E-state index contributed by atoms with van der Waals surface area (Å²) in [6, 6.07) is 11.9. The van der Waals surface area contributed by atoms with Gasteiger partial charge in [-0.05, 0) is 30.7 Å². The van der Waals surface area contributed by atoms with Crippen LogP contribution in [0, 0.1) is 0 Å². The zero-order chi connectivity index (χ0) is 19.2. The van der Waals surface area contributed by atoms with Gasteiger partial charge in [0.2, 0.25) is 0 Å². The summed E-state index contributed by atoms with van der Waals surface area (Å²) in [7, 11) is 1.27. The molecule has 0 bridgehead atoms. The SMILES string of the molecule is COC(=O)c1ccc(C(=O)N2CCCN2C(=O)COc2ccccc2)nc1. The summed E-state index contributed by atoms with van der Waals surface area (Å²) in [5.74, 6) is -0.659. The van der Waals surface area contributed by atoms with E-state index in [1.807, 2.05) is 18.2 Å². The second-order valence-electron chi connectivity index (χ2n) is 5.82. The van der Waals surface area contributed by atoms with Crippen LogP contribution in [0.25, 0.3) is 0 Å². The van der Waals surface area contributed by atoms with Crippen LogP contribution in [0.1, 0.15) is 27.3 Å². The van der Waals surface area contributed by atoms with Crippen molar-refractivity contribution >= 4 is 17.8 Å². The molecule has 1 fully saturated rings. The number of aromatic nitrogens is 1. The largest absolute Gasteiger partial charge is 0.484 e. The van der Waals surface area contributed by atoms with Gasteiger partial charge in [0.1, 0.15) is 11.4 Å². The lowest BCUT2D eigenvalue weighted by Gasteiger charge is -2.27. The van der Waals surface area contributed by atoms with E-state index in [-0.39, 0.29) is 23.8 Å². The maximum atomic E-state index is 12.7. The standard InChI is InChI=1S/C19H19N3O5/c1-26-19(25)14-8-9-16(20-12-14)18(24)22-11-5-10-21(22)17(23)13-27-15-6-3-2-4-7-15/h2-4,6-9,12H,5,10-11,13H2,1H3. The maximum absolute atomic E-state index is 12.7. The Morgan fingerprint density at radius 3 is 2.44 bits per heavy atom. The number of esters is 1. The summed E-state index contributed by atoms with van der Waals surface area (Å²) >= 11 is 0. The van der Waals surface area contributed by atoms with Gasteiger partial charge in [-0.2, -0.15) is 0 Å². The molecule has 2 amide bonds. The molecule has 1 aliphatic heterocycles.